The van der Waals surface area contributed by atoms with E-state index in [2.05, 4.69) is 30.3 Å². The minimum absolute atomic E-state index is 0.886. The van der Waals surface area contributed by atoms with Crippen molar-refractivity contribution in [3.63, 3.8) is 0 Å². The van der Waals surface area contributed by atoms with Crippen LogP contribution in [0.5, 0.6) is 0 Å². The van der Waals surface area contributed by atoms with Crippen molar-refractivity contribution in [2.24, 2.45) is 0 Å². The molecule has 0 aliphatic heterocycles. The van der Waals surface area contributed by atoms with Crippen LogP contribution in [-0.2, 0) is 6.42 Å². The Kier molecular flexibility index (Phi) is 21.1. The molecule has 0 amide bonds. The molecule has 1 heterocycles. The van der Waals surface area contributed by atoms with Crippen LogP contribution in [0.2, 0.25) is 0 Å². The van der Waals surface area contributed by atoms with Gasteiger partial charge in [-0.25, -0.2) is 0 Å². The van der Waals surface area contributed by atoms with Gasteiger partial charge in [0.2, 0.25) is 0 Å². The molecule has 0 unspecified atom stereocenters. The fourth-order valence-corrected chi connectivity index (χ4v) is 1.06. The largest absolute Gasteiger partial charge is 0.281 e. The highest BCUT2D eigenvalue weighted by atomic mass is 15.1. The third-order valence-electron chi connectivity index (χ3n) is 1.66. The lowest BCUT2D eigenvalue weighted by Crippen LogP contribution is -1.82. The minimum atomic E-state index is 0.886. The number of aryl methyl sites for hydroxylation is 1. The number of hydrogen-bond donors (Lipinski definition) is 1. The average Bonchev–Trinajstić information content (AvgIpc) is 2.87. The molecule has 0 bridgehead atoms. The van der Waals surface area contributed by atoms with E-state index in [0.29, 0.717) is 0 Å². The Morgan fingerprint density at radius 1 is 1.00 bits per heavy atom. The van der Waals surface area contributed by atoms with E-state index in [4.69, 9.17) is 0 Å². The molecule has 1 N–H and O–H groups in total. The van der Waals surface area contributed by atoms with Crippen molar-refractivity contribution in [1.29, 1.82) is 0 Å². The van der Waals surface area contributed by atoms with Gasteiger partial charge in [-0.1, -0.05) is 67.7 Å². The van der Waals surface area contributed by atoms with Gasteiger partial charge < -0.3 is 0 Å². The number of hydrogen-bond acceptors (Lipinski definition) is 1. The highest BCUT2D eigenvalue weighted by Crippen LogP contribution is 2.13. The lowest BCUT2D eigenvalue weighted by molar-refractivity contribution is 0.970. The average molecular weight is 238 g/mol. The molecule has 2 nitrogen and oxygen atoms in total. The summed E-state index contributed by atoms with van der Waals surface area (Å²) in [5, 5.41) is 7.00. The molecule has 1 rings (SSSR count). The third kappa shape index (κ3) is 7.56. The monoisotopic (exact) mass is 238 g/mol. The van der Waals surface area contributed by atoms with Crippen LogP contribution in [0.25, 0.3) is 12.2 Å². The predicted octanol–water partition coefficient (Wildman–Crippen LogP) is 5.34. The van der Waals surface area contributed by atoms with Crippen LogP contribution in [0, 0.1) is 0 Å². The summed E-state index contributed by atoms with van der Waals surface area (Å²) in [7, 11) is 0. The van der Waals surface area contributed by atoms with Crippen molar-refractivity contribution in [3.8, 4) is 0 Å². The molecule has 0 aliphatic carbocycles. The number of rotatable bonds is 3. The van der Waals surface area contributed by atoms with Crippen molar-refractivity contribution in [2.45, 2.75) is 54.9 Å². The van der Waals surface area contributed by atoms with Gasteiger partial charge in [0.15, 0.2) is 0 Å². The van der Waals surface area contributed by atoms with Crippen molar-refractivity contribution in [2.75, 3.05) is 0 Å². The van der Waals surface area contributed by atoms with Gasteiger partial charge in [0.1, 0.15) is 0 Å². The zero-order chi connectivity index (χ0) is 14.3. The Labute approximate surface area is 108 Å². The summed E-state index contributed by atoms with van der Waals surface area (Å²) < 4.78 is 0. The maximum Gasteiger partial charge on any atom is 0.0917 e. The molecular formula is C15H30N2. The fourth-order valence-electron chi connectivity index (χ4n) is 1.06. The highest BCUT2D eigenvalue weighted by molar-refractivity contribution is 5.62. The Morgan fingerprint density at radius 2 is 1.47 bits per heavy atom. The smallest absolute Gasteiger partial charge is 0.0917 e. The SMILES string of the molecule is C=Cc1n[nH]c(CC)c1C=C.CC.CC.CC. The van der Waals surface area contributed by atoms with Crippen molar-refractivity contribution in [3.05, 3.63) is 30.1 Å². The van der Waals surface area contributed by atoms with Gasteiger partial charge in [-0.15, -0.1) is 0 Å². The second-order valence-corrected chi connectivity index (χ2v) is 2.26. The molecule has 17 heavy (non-hydrogen) atoms. The van der Waals surface area contributed by atoms with Crippen LogP contribution >= 0.6 is 0 Å². The van der Waals surface area contributed by atoms with Gasteiger partial charge >= 0.3 is 0 Å². The van der Waals surface area contributed by atoms with Gasteiger partial charge in [-0.3, -0.25) is 5.10 Å². The molecule has 0 fully saturated rings. The standard InChI is InChI=1S/C9H12N2.3C2H6/c1-4-7-8(5-2)10-11-9(7)6-3;3*1-2/h4-5H,1-2,6H2,3H3,(H,10,11);3*1-2H3. The molecule has 0 atom stereocenters. The first kappa shape index (κ1) is 21.0. The molecular weight excluding hydrogens is 208 g/mol. The molecule has 2 heteroatoms. The molecule has 1 aromatic heterocycles. The first-order chi connectivity index (χ1) is 8.33. The topological polar surface area (TPSA) is 28.7 Å². The van der Waals surface area contributed by atoms with E-state index < -0.39 is 0 Å². The number of H-pyrrole nitrogens is 1. The third-order valence-corrected chi connectivity index (χ3v) is 1.66. The Balaban J connectivity index is -0.000000285. The Morgan fingerprint density at radius 3 is 1.76 bits per heavy atom. The van der Waals surface area contributed by atoms with E-state index in [1.165, 1.54) is 0 Å². The first-order valence-corrected chi connectivity index (χ1v) is 6.65. The van der Waals surface area contributed by atoms with Crippen LogP contribution in [0.3, 0.4) is 0 Å². The van der Waals surface area contributed by atoms with Crippen LogP contribution in [-0.4, -0.2) is 10.2 Å². The predicted molar refractivity (Wildman–Crippen MR) is 82.2 cm³/mol. The van der Waals surface area contributed by atoms with Crippen molar-refractivity contribution >= 4 is 12.2 Å². The molecule has 0 aromatic carbocycles. The number of aromatic amines is 1. The summed E-state index contributed by atoms with van der Waals surface area (Å²) in [4.78, 5) is 0. The van der Waals surface area contributed by atoms with Crippen molar-refractivity contribution in [1.82, 2.24) is 10.2 Å². The maximum absolute atomic E-state index is 4.06. The summed E-state index contributed by atoms with van der Waals surface area (Å²) in [6.07, 6.45) is 4.48. The zero-order valence-corrected chi connectivity index (χ0v) is 12.7. The normalized spacial score (nSPS) is 7.24. The van der Waals surface area contributed by atoms with E-state index in [1.54, 1.807) is 12.2 Å². The lowest BCUT2D eigenvalue weighted by Gasteiger charge is -1.91. The summed E-state index contributed by atoms with van der Waals surface area (Å²) in [5.74, 6) is 0. The fraction of sp³-hybridized carbons (Fsp3) is 0.533. The van der Waals surface area contributed by atoms with Crippen LogP contribution in [0.15, 0.2) is 13.2 Å². The number of aromatic nitrogens is 2. The van der Waals surface area contributed by atoms with E-state index in [-0.39, 0.29) is 0 Å². The summed E-state index contributed by atoms with van der Waals surface area (Å²) >= 11 is 0. The van der Waals surface area contributed by atoms with E-state index in [1.807, 2.05) is 41.5 Å². The van der Waals surface area contributed by atoms with Gasteiger partial charge in [0, 0.05) is 11.3 Å². The zero-order valence-electron chi connectivity index (χ0n) is 12.7. The van der Waals surface area contributed by atoms with Gasteiger partial charge in [-0.05, 0) is 12.5 Å². The summed E-state index contributed by atoms with van der Waals surface area (Å²) in [5.41, 5.74) is 3.08. The van der Waals surface area contributed by atoms with Crippen LogP contribution in [0.4, 0.5) is 0 Å². The molecule has 0 saturated heterocycles. The number of nitrogens with zero attached hydrogens (tertiary/aromatic N) is 1. The molecule has 1 aromatic rings. The second kappa shape index (κ2) is 17.1. The van der Waals surface area contributed by atoms with Crippen molar-refractivity contribution < 1.29 is 0 Å². The van der Waals surface area contributed by atoms with Gasteiger partial charge in [-0.2, -0.15) is 5.10 Å². The number of nitrogens with one attached hydrogen (secondary N) is 1. The highest BCUT2D eigenvalue weighted by Gasteiger charge is 2.04. The molecule has 0 saturated carbocycles. The maximum atomic E-state index is 4.06. The van der Waals surface area contributed by atoms with Crippen LogP contribution < -0.4 is 0 Å². The van der Waals surface area contributed by atoms with E-state index >= 15 is 0 Å². The summed E-state index contributed by atoms with van der Waals surface area (Å²) in [6, 6.07) is 0. The van der Waals surface area contributed by atoms with E-state index in [9.17, 15) is 0 Å². The molecule has 0 aliphatic rings. The van der Waals surface area contributed by atoms with Gasteiger partial charge in [0.05, 0.1) is 5.69 Å². The lowest BCUT2D eigenvalue weighted by atomic mass is 10.1. The molecule has 0 radical (unpaired) electrons. The Hall–Kier alpha value is -1.31. The van der Waals surface area contributed by atoms with Crippen LogP contribution in [0.1, 0.15) is 65.4 Å². The van der Waals surface area contributed by atoms with Gasteiger partial charge in [0.25, 0.3) is 0 Å². The second-order valence-electron chi connectivity index (χ2n) is 2.26. The minimum Gasteiger partial charge on any atom is -0.281 e. The summed E-state index contributed by atoms with van der Waals surface area (Å²) in [6.45, 7) is 21.4. The molecule has 100 valence electrons. The quantitative estimate of drug-likeness (QED) is 0.756. The van der Waals surface area contributed by atoms with E-state index in [0.717, 1.165) is 23.4 Å². The molecule has 0 spiro atoms. The Bertz CT molecular complexity index is 272. The first-order valence-electron chi connectivity index (χ1n) is 6.65.